The van der Waals surface area contributed by atoms with E-state index < -0.39 is 5.60 Å². The number of ether oxygens (including phenoxy) is 2. The van der Waals surface area contributed by atoms with Gasteiger partial charge in [0.2, 0.25) is 0 Å². The largest absolute Gasteiger partial charge is 0.450 e. The molecule has 3 nitrogen and oxygen atoms in total. The smallest absolute Gasteiger partial charge is 0.339 e. The molecule has 0 N–H and O–H groups in total. The van der Waals surface area contributed by atoms with Gasteiger partial charge in [-0.1, -0.05) is 5.92 Å². The van der Waals surface area contributed by atoms with Crippen LogP contribution in [0, 0.1) is 12.3 Å². The zero-order valence-corrected chi connectivity index (χ0v) is 7.13. The van der Waals surface area contributed by atoms with Gasteiger partial charge in [-0.15, -0.1) is 6.42 Å². The molecule has 1 rings (SSSR count). The third-order valence-electron chi connectivity index (χ3n) is 1.94. The van der Waals surface area contributed by atoms with Gasteiger partial charge in [-0.3, -0.25) is 0 Å². The maximum Gasteiger partial charge on any atom is 0.339 e. The van der Waals surface area contributed by atoms with Gasteiger partial charge in [-0.2, -0.15) is 0 Å². The van der Waals surface area contributed by atoms with E-state index in [2.05, 4.69) is 5.92 Å². The van der Waals surface area contributed by atoms with Gasteiger partial charge < -0.3 is 9.47 Å². The Morgan fingerprint density at radius 3 is 3.08 bits per heavy atom. The standard InChI is InChI=1S/C9H12O3/c1-3-6-11-8(10)9(2)5-4-7-12-9/h1H,4-7H2,2H3. The van der Waals surface area contributed by atoms with Crippen LogP contribution < -0.4 is 0 Å². The third-order valence-corrected chi connectivity index (χ3v) is 1.94. The highest BCUT2D eigenvalue weighted by Crippen LogP contribution is 2.26. The molecule has 0 aromatic heterocycles. The van der Waals surface area contributed by atoms with Gasteiger partial charge in [0.25, 0.3) is 0 Å². The Morgan fingerprint density at radius 1 is 1.83 bits per heavy atom. The molecular weight excluding hydrogens is 156 g/mol. The fraction of sp³-hybridized carbons (Fsp3) is 0.667. The Balaban J connectivity index is 2.45. The van der Waals surface area contributed by atoms with Crippen molar-refractivity contribution in [3.63, 3.8) is 0 Å². The highest BCUT2D eigenvalue weighted by atomic mass is 16.6. The molecular formula is C9H12O3. The van der Waals surface area contributed by atoms with Crippen molar-refractivity contribution in [1.29, 1.82) is 0 Å². The van der Waals surface area contributed by atoms with Crippen molar-refractivity contribution in [3.05, 3.63) is 0 Å². The van der Waals surface area contributed by atoms with Crippen LogP contribution >= 0.6 is 0 Å². The normalized spacial score (nSPS) is 28.0. The predicted molar refractivity (Wildman–Crippen MR) is 43.4 cm³/mol. The first kappa shape index (κ1) is 9.08. The van der Waals surface area contributed by atoms with E-state index in [4.69, 9.17) is 15.9 Å². The van der Waals surface area contributed by atoms with Gasteiger partial charge in [0.05, 0.1) is 0 Å². The van der Waals surface area contributed by atoms with Crippen LogP contribution in [0.1, 0.15) is 19.8 Å². The summed E-state index contributed by atoms with van der Waals surface area (Å²) >= 11 is 0. The van der Waals surface area contributed by atoms with E-state index in [-0.39, 0.29) is 12.6 Å². The minimum absolute atomic E-state index is 0.0256. The van der Waals surface area contributed by atoms with Crippen molar-refractivity contribution in [2.75, 3.05) is 13.2 Å². The van der Waals surface area contributed by atoms with Gasteiger partial charge in [-0.05, 0) is 19.8 Å². The van der Waals surface area contributed by atoms with Crippen LogP contribution in [0.3, 0.4) is 0 Å². The molecule has 1 fully saturated rings. The maximum absolute atomic E-state index is 11.3. The summed E-state index contributed by atoms with van der Waals surface area (Å²) < 4.78 is 10.0. The quantitative estimate of drug-likeness (QED) is 0.450. The van der Waals surface area contributed by atoms with Crippen LogP contribution in [0.4, 0.5) is 0 Å². The molecule has 0 bridgehead atoms. The Bertz CT molecular complexity index is 208. The van der Waals surface area contributed by atoms with Crippen molar-refractivity contribution < 1.29 is 14.3 Å². The first-order valence-corrected chi connectivity index (χ1v) is 3.94. The second-order valence-corrected chi connectivity index (χ2v) is 2.96. The number of terminal acetylenes is 1. The monoisotopic (exact) mass is 168 g/mol. The molecule has 1 unspecified atom stereocenters. The fourth-order valence-electron chi connectivity index (χ4n) is 1.20. The second kappa shape index (κ2) is 3.59. The number of esters is 1. The molecule has 1 saturated heterocycles. The van der Waals surface area contributed by atoms with Crippen molar-refractivity contribution in [2.45, 2.75) is 25.4 Å². The summed E-state index contributed by atoms with van der Waals surface area (Å²) in [5.74, 6) is 1.89. The third kappa shape index (κ3) is 1.77. The molecule has 1 aliphatic heterocycles. The van der Waals surface area contributed by atoms with Crippen LogP contribution in [0.2, 0.25) is 0 Å². The lowest BCUT2D eigenvalue weighted by Gasteiger charge is -2.19. The summed E-state index contributed by atoms with van der Waals surface area (Å²) in [6.07, 6.45) is 6.57. The van der Waals surface area contributed by atoms with Crippen molar-refractivity contribution in [3.8, 4) is 12.3 Å². The lowest BCUT2D eigenvalue weighted by atomic mass is 10.0. The summed E-state index contributed by atoms with van der Waals surface area (Å²) in [5, 5.41) is 0. The summed E-state index contributed by atoms with van der Waals surface area (Å²) in [4.78, 5) is 11.3. The van der Waals surface area contributed by atoms with Crippen LogP contribution in [-0.4, -0.2) is 24.8 Å². The average molecular weight is 168 g/mol. The van der Waals surface area contributed by atoms with Gasteiger partial charge in [-0.25, -0.2) is 4.79 Å². The van der Waals surface area contributed by atoms with Gasteiger partial charge in [0, 0.05) is 6.61 Å². The molecule has 66 valence electrons. The highest BCUT2D eigenvalue weighted by molar-refractivity contribution is 5.79. The summed E-state index contributed by atoms with van der Waals surface area (Å²) in [7, 11) is 0. The van der Waals surface area contributed by atoms with E-state index in [0.29, 0.717) is 6.61 Å². The Hall–Kier alpha value is -1.01. The lowest BCUT2D eigenvalue weighted by molar-refractivity contribution is -0.163. The molecule has 1 atom stereocenters. The number of carbonyl (C=O) groups is 1. The number of carbonyl (C=O) groups excluding carboxylic acids is 1. The Labute approximate surface area is 72.0 Å². The molecule has 0 spiro atoms. The van der Waals surface area contributed by atoms with E-state index in [1.807, 2.05) is 0 Å². The first-order chi connectivity index (χ1) is 5.69. The number of hydrogen-bond donors (Lipinski definition) is 0. The molecule has 0 saturated carbocycles. The lowest BCUT2D eigenvalue weighted by Crippen LogP contribution is -2.36. The van der Waals surface area contributed by atoms with E-state index in [1.165, 1.54) is 0 Å². The van der Waals surface area contributed by atoms with Crippen molar-refractivity contribution in [1.82, 2.24) is 0 Å². The minimum atomic E-state index is -0.753. The number of rotatable bonds is 2. The molecule has 0 radical (unpaired) electrons. The zero-order chi connectivity index (χ0) is 9.03. The summed E-state index contributed by atoms with van der Waals surface area (Å²) in [6, 6.07) is 0. The average Bonchev–Trinajstić information content (AvgIpc) is 2.49. The Kier molecular flexibility index (Phi) is 2.72. The molecule has 12 heavy (non-hydrogen) atoms. The van der Waals surface area contributed by atoms with E-state index >= 15 is 0 Å². The molecule has 0 aromatic rings. The molecule has 0 aromatic carbocycles. The van der Waals surface area contributed by atoms with Crippen molar-refractivity contribution >= 4 is 5.97 Å². The molecule has 0 amide bonds. The zero-order valence-electron chi connectivity index (χ0n) is 7.13. The van der Waals surface area contributed by atoms with Crippen molar-refractivity contribution in [2.24, 2.45) is 0 Å². The fourth-order valence-corrected chi connectivity index (χ4v) is 1.20. The topological polar surface area (TPSA) is 35.5 Å². The second-order valence-electron chi connectivity index (χ2n) is 2.96. The van der Waals surface area contributed by atoms with Crippen LogP contribution in [0.5, 0.6) is 0 Å². The van der Waals surface area contributed by atoms with Crippen LogP contribution in [-0.2, 0) is 14.3 Å². The highest BCUT2D eigenvalue weighted by Gasteiger charge is 2.39. The number of hydrogen-bond acceptors (Lipinski definition) is 3. The van der Waals surface area contributed by atoms with Crippen LogP contribution in [0.25, 0.3) is 0 Å². The maximum atomic E-state index is 11.3. The first-order valence-electron chi connectivity index (χ1n) is 3.94. The molecule has 3 heteroatoms. The Morgan fingerprint density at radius 2 is 2.58 bits per heavy atom. The molecule has 1 heterocycles. The van der Waals surface area contributed by atoms with E-state index in [1.54, 1.807) is 6.92 Å². The SMILES string of the molecule is C#CCOC(=O)C1(C)CCCO1. The van der Waals surface area contributed by atoms with E-state index in [0.717, 1.165) is 12.8 Å². The van der Waals surface area contributed by atoms with Crippen LogP contribution in [0.15, 0.2) is 0 Å². The van der Waals surface area contributed by atoms with Gasteiger partial charge in [0.1, 0.15) is 0 Å². The molecule has 1 aliphatic rings. The summed E-state index contributed by atoms with van der Waals surface area (Å²) in [6.45, 7) is 2.39. The van der Waals surface area contributed by atoms with Gasteiger partial charge >= 0.3 is 5.97 Å². The summed E-state index contributed by atoms with van der Waals surface area (Å²) in [5.41, 5.74) is -0.753. The van der Waals surface area contributed by atoms with Gasteiger partial charge in [0.15, 0.2) is 12.2 Å². The van der Waals surface area contributed by atoms with E-state index in [9.17, 15) is 4.79 Å². The minimum Gasteiger partial charge on any atom is -0.450 e. The molecule has 0 aliphatic carbocycles. The predicted octanol–water partition coefficient (Wildman–Crippen LogP) is 0.732.